The number of nitrogens with one attached hydrogen (secondary N) is 1. The predicted molar refractivity (Wildman–Crippen MR) is 106 cm³/mol. The lowest BCUT2D eigenvalue weighted by Gasteiger charge is -2.17. The van der Waals surface area contributed by atoms with Crippen LogP contribution < -0.4 is 9.57 Å². The summed E-state index contributed by atoms with van der Waals surface area (Å²) in [5.41, 5.74) is 1.28. The maximum atomic E-state index is 12.5. The van der Waals surface area contributed by atoms with Crippen LogP contribution in [-0.4, -0.2) is 55.3 Å². The molecule has 1 aliphatic heterocycles. The zero-order valence-corrected chi connectivity index (χ0v) is 17.2. The van der Waals surface area contributed by atoms with Crippen LogP contribution in [0.15, 0.2) is 65.3 Å². The number of hydrazine groups is 1. The van der Waals surface area contributed by atoms with Gasteiger partial charge in [-0.1, -0.05) is 4.83 Å². The predicted octanol–water partition coefficient (Wildman–Crippen LogP) is 1.19. The molecule has 10 nitrogen and oxygen atoms in total. The molecule has 2 unspecified atom stereocenters. The lowest BCUT2D eigenvalue weighted by Crippen LogP contribution is -2.44. The van der Waals surface area contributed by atoms with Crippen molar-refractivity contribution in [3.05, 3.63) is 66.0 Å². The molecular formula is C20H21N3O7S. The summed E-state index contributed by atoms with van der Waals surface area (Å²) in [4.78, 5) is 18.0. The number of aromatic nitrogens is 1. The van der Waals surface area contributed by atoms with Gasteiger partial charge in [0.1, 0.15) is 18.6 Å². The summed E-state index contributed by atoms with van der Waals surface area (Å²) in [5, 5.41) is 9.92. The molecule has 0 spiro atoms. The smallest absolute Gasteiger partial charge is 0.289 e. The van der Waals surface area contributed by atoms with E-state index in [0.29, 0.717) is 18.8 Å². The Morgan fingerprint density at radius 1 is 1.19 bits per heavy atom. The monoisotopic (exact) mass is 447 g/mol. The molecule has 0 bridgehead atoms. The third-order valence-electron chi connectivity index (χ3n) is 4.91. The van der Waals surface area contributed by atoms with Crippen LogP contribution in [0.5, 0.6) is 5.75 Å². The van der Waals surface area contributed by atoms with Crippen LogP contribution in [0.4, 0.5) is 0 Å². The number of hydroxylamine groups is 1. The van der Waals surface area contributed by atoms with E-state index in [1.54, 1.807) is 12.4 Å². The largest absolute Gasteiger partial charge is 0.493 e. The number of benzene rings is 1. The average Bonchev–Trinajstić information content (AvgIpc) is 3.36. The van der Waals surface area contributed by atoms with Crippen molar-refractivity contribution in [1.29, 1.82) is 0 Å². The Bertz CT molecular complexity index is 1060. The van der Waals surface area contributed by atoms with Gasteiger partial charge in [0.05, 0.1) is 17.6 Å². The quantitative estimate of drug-likeness (QED) is 0.456. The number of amides is 1. The van der Waals surface area contributed by atoms with Crippen LogP contribution in [0.1, 0.15) is 12.0 Å². The number of fused-ring (bicyclic) bond motifs is 1. The Morgan fingerprint density at radius 2 is 1.94 bits per heavy atom. The molecule has 1 aliphatic carbocycles. The van der Waals surface area contributed by atoms with E-state index >= 15 is 0 Å². The number of nitrogens with zero attached hydrogens (tertiary/aromatic N) is 2. The van der Waals surface area contributed by atoms with Crippen molar-refractivity contribution in [2.75, 3.05) is 13.4 Å². The molecule has 31 heavy (non-hydrogen) atoms. The molecule has 1 aromatic carbocycles. The standard InChI is InChI=1S/C20H21N3O7S/c24-20(15-11-18-19(12-15)30-13-29-18)23(25)22-31(26,27)17-3-1-16(2-4-17)28-10-7-14-5-8-21-9-6-14/h1-6,8-9,11,18-19,22,25H,7,10,12-13H2. The zero-order valence-electron chi connectivity index (χ0n) is 16.4. The van der Waals surface area contributed by atoms with Crippen molar-refractivity contribution in [3.63, 3.8) is 0 Å². The average molecular weight is 447 g/mol. The number of pyridine rings is 1. The van der Waals surface area contributed by atoms with Crippen molar-refractivity contribution in [2.24, 2.45) is 0 Å². The third kappa shape index (κ3) is 5.09. The summed E-state index contributed by atoms with van der Waals surface area (Å²) < 4.78 is 41.2. The molecule has 0 saturated carbocycles. The van der Waals surface area contributed by atoms with Crippen molar-refractivity contribution in [3.8, 4) is 5.75 Å². The van der Waals surface area contributed by atoms with Crippen LogP contribution in [0, 0.1) is 0 Å². The van der Waals surface area contributed by atoms with Crippen LogP contribution in [0.2, 0.25) is 0 Å². The first kappa shape index (κ1) is 21.4. The van der Waals surface area contributed by atoms with Crippen LogP contribution in [0.3, 0.4) is 0 Å². The highest BCUT2D eigenvalue weighted by atomic mass is 32.2. The highest BCUT2D eigenvalue weighted by Crippen LogP contribution is 2.29. The summed E-state index contributed by atoms with van der Waals surface area (Å²) >= 11 is 0. The molecule has 164 valence electrons. The SMILES string of the molecule is O=C(C1=CC2OCOC2C1)N(O)NS(=O)(=O)c1ccc(OCCc2ccncc2)cc1. The molecule has 2 N–H and O–H groups in total. The molecule has 4 rings (SSSR count). The summed E-state index contributed by atoms with van der Waals surface area (Å²) in [5.74, 6) is -0.395. The van der Waals surface area contributed by atoms with E-state index in [1.807, 2.05) is 17.0 Å². The topological polar surface area (TPSA) is 127 Å². The summed E-state index contributed by atoms with van der Waals surface area (Å²) in [7, 11) is -4.18. The van der Waals surface area contributed by atoms with Crippen LogP contribution >= 0.6 is 0 Å². The number of sulfonamides is 1. The Kier molecular flexibility index (Phi) is 6.30. The van der Waals surface area contributed by atoms with Gasteiger partial charge in [0, 0.05) is 30.8 Å². The minimum Gasteiger partial charge on any atom is -0.493 e. The molecule has 2 aliphatic rings. The van der Waals surface area contributed by atoms with E-state index < -0.39 is 15.9 Å². The normalized spacial score (nSPS) is 20.2. The zero-order chi connectivity index (χ0) is 21.8. The van der Waals surface area contributed by atoms with Crippen molar-refractivity contribution < 1.29 is 32.6 Å². The second-order valence-corrected chi connectivity index (χ2v) is 8.65. The molecule has 11 heteroatoms. The van der Waals surface area contributed by atoms with Gasteiger partial charge in [0.2, 0.25) is 0 Å². The van der Waals surface area contributed by atoms with Gasteiger partial charge in [0.25, 0.3) is 15.9 Å². The van der Waals surface area contributed by atoms with Crippen molar-refractivity contribution in [1.82, 2.24) is 15.0 Å². The van der Waals surface area contributed by atoms with Gasteiger partial charge in [-0.05, 0) is 48.0 Å². The molecule has 1 amide bonds. The maximum Gasteiger partial charge on any atom is 0.289 e. The van der Waals surface area contributed by atoms with Gasteiger partial charge in [-0.3, -0.25) is 15.0 Å². The second kappa shape index (κ2) is 9.12. The molecular weight excluding hydrogens is 426 g/mol. The molecule has 1 saturated heterocycles. The third-order valence-corrected chi connectivity index (χ3v) is 6.22. The van der Waals surface area contributed by atoms with E-state index in [4.69, 9.17) is 14.2 Å². The second-order valence-electron chi connectivity index (χ2n) is 6.99. The molecule has 2 atom stereocenters. The molecule has 1 fully saturated rings. The van der Waals surface area contributed by atoms with Gasteiger partial charge in [-0.25, -0.2) is 8.42 Å². The van der Waals surface area contributed by atoms with Gasteiger partial charge >= 0.3 is 0 Å². The summed E-state index contributed by atoms with van der Waals surface area (Å²) in [6.45, 7) is 0.560. The van der Waals surface area contributed by atoms with Gasteiger partial charge < -0.3 is 14.2 Å². The van der Waals surface area contributed by atoms with E-state index in [0.717, 1.165) is 5.56 Å². The first-order valence-corrected chi connectivity index (χ1v) is 11.0. The number of carbonyl (C=O) groups is 1. The van der Waals surface area contributed by atoms with E-state index in [1.165, 1.54) is 30.3 Å². The Morgan fingerprint density at radius 3 is 2.65 bits per heavy atom. The minimum atomic E-state index is -4.18. The number of hydrogen-bond acceptors (Lipinski definition) is 8. The fourth-order valence-electron chi connectivity index (χ4n) is 3.27. The molecule has 0 radical (unpaired) electrons. The lowest BCUT2D eigenvalue weighted by molar-refractivity contribution is -0.167. The van der Waals surface area contributed by atoms with Gasteiger partial charge in [0.15, 0.2) is 0 Å². The molecule has 2 aromatic rings. The molecule has 2 heterocycles. The van der Waals surface area contributed by atoms with Gasteiger partial charge in [-0.15, -0.1) is 5.17 Å². The van der Waals surface area contributed by atoms with E-state index in [-0.39, 0.29) is 41.1 Å². The number of carbonyl (C=O) groups excluding carboxylic acids is 1. The lowest BCUT2D eigenvalue weighted by atomic mass is 10.2. The fourth-order valence-corrected chi connectivity index (χ4v) is 4.19. The first-order chi connectivity index (χ1) is 14.9. The van der Waals surface area contributed by atoms with Crippen molar-refractivity contribution >= 4 is 15.9 Å². The summed E-state index contributed by atoms with van der Waals surface area (Å²) in [6, 6.07) is 9.42. The fraction of sp³-hybridized carbons (Fsp3) is 0.300. The minimum absolute atomic E-state index is 0.0403. The Labute approximate surface area is 179 Å². The summed E-state index contributed by atoms with van der Waals surface area (Å²) in [6.07, 6.45) is 5.18. The van der Waals surface area contributed by atoms with Crippen LogP contribution in [0.25, 0.3) is 0 Å². The van der Waals surface area contributed by atoms with E-state index in [2.05, 4.69) is 4.98 Å². The Balaban J connectivity index is 1.32. The Hall–Kier alpha value is -2.83. The molecule has 1 aromatic heterocycles. The number of rotatable bonds is 8. The number of hydrogen-bond donors (Lipinski definition) is 2. The van der Waals surface area contributed by atoms with Gasteiger partial charge in [-0.2, -0.15) is 0 Å². The van der Waals surface area contributed by atoms with E-state index in [9.17, 15) is 18.4 Å². The highest BCUT2D eigenvalue weighted by Gasteiger charge is 2.38. The first-order valence-electron chi connectivity index (χ1n) is 9.54. The highest BCUT2D eigenvalue weighted by molar-refractivity contribution is 7.89. The van der Waals surface area contributed by atoms with Crippen molar-refractivity contribution in [2.45, 2.75) is 29.9 Å². The van der Waals surface area contributed by atoms with Crippen LogP contribution in [-0.2, 0) is 30.7 Å². The maximum absolute atomic E-state index is 12.5. The number of ether oxygens (including phenoxy) is 3.